The van der Waals surface area contributed by atoms with E-state index in [0.717, 1.165) is 33.9 Å². The van der Waals surface area contributed by atoms with E-state index in [1.54, 1.807) is 13.3 Å². The number of carbonyl (C=O) groups is 1. The summed E-state index contributed by atoms with van der Waals surface area (Å²) in [6.45, 7) is 6.21. The number of benzene rings is 2. The molecule has 5 aromatic rings. The lowest BCUT2D eigenvalue weighted by atomic mass is 10.1. The fraction of sp³-hybridized carbons (Fsp3) is 0.208. The number of anilines is 1. The number of aromatic amines is 1. The molecule has 0 fully saturated rings. The van der Waals surface area contributed by atoms with E-state index in [1.807, 2.05) is 48.5 Å². The molecule has 0 saturated heterocycles. The first kappa shape index (κ1) is 19.9. The highest BCUT2D eigenvalue weighted by atomic mass is 16.1. The summed E-state index contributed by atoms with van der Waals surface area (Å²) in [6.07, 6.45) is 1.54. The van der Waals surface area contributed by atoms with Gasteiger partial charge in [-0.25, -0.2) is 19.9 Å². The monoisotopic (exact) mass is 425 g/mol. The predicted molar refractivity (Wildman–Crippen MR) is 125 cm³/mol. The predicted octanol–water partition coefficient (Wildman–Crippen LogP) is 4.77. The molecule has 0 aliphatic carbocycles. The van der Waals surface area contributed by atoms with Crippen LogP contribution in [0, 0.1) is 0 Å². The zero-order chi connectivity index (χ0) is 22.2. The summed E-state index contributed by atoms with van der Waals surface area (Å²) in [5, 5.41) is 3.35. The standard InChI is InChI=1S/C24H23N7O/c1-14(2)31-23(17-8-6-7-16(11-17)15(3)32)30-21-22(26-13-27-24(21)31)25-12-20-28-18-9-4-5-10-19(18)29-20/h4-11,13-14H,12H2,1-3H3,(H,28,29)(H,25,26,27). The highest BCUT2D eigenvalue weighted by Gasteiger charge is 2.19. The van der Waals surface area contributed by atoms with Crippen LogP contribution in [0.5, 0.6) is 0 Å². The van der Waals surface area contributed by atoms with Gasteiger partial charge in [0.25, 0.3) is 0 Å². The van der Waals surface area contributed by atoms with Crippen molar-refractivity contribution >= 4 is 33.8 Å². The van der Waals surface area contributed by atoms with E-state index in [9.17, 15) is 4.79 Å². The number of imidazole rings is 2. The molecule has 0 aliphatic heterocycles. The first-order chi connectivity index (χ1) is 15.5. The third-order valence-electron chi connectivity index (χ3n) is 5.38. The highest BCUT2D eigenvalue weighted by Crippen LogP contribution is 2.30. The van der Waals surface area contributed by atoms with Crippen molar-refractivity contribution in [3.8, 4) is 11.4 Å². The van der Waals surface area contributed by atoms with Gasteiger partial charge in [-0.05, 0) is 39.0 Å². The van der Waals surface area contributed by atoms with Crippen LogP contribution in [-0.4, -0.2) is 35.3 Å². The van der Waals surface area contributed by atoms with E-state index in [1.165, 1.54) is 0 Å². The number of hydrogen-bond donors (Lipinski definition) is 2. The molecule has 0 aliphatic rings. The summed E-state index contributed by atoms with van der Waals surface area (Å²) in [5.41, 5.74) is 4.86. The van der Waals surface area contributed by atoms with E-state index in [-0.39, 0.29) is 11.8 Å². The van der Waals surface area contributed by atoms with Gasteiger partial charge in [-0.15, -0.1) is 0 Å². The normalized spacial score (nSPS) is 11.5. The van der Waals surface area contributed by atoms with Crippen molar-refractivity contribution in [1.82, 2.24) is 29.5 Å². The minimum absolute atomic E-state index is 0.0204. The molecule has 0 atom stereocenters. The second-order valence-corrected chi connectivity index (χ2v) is 7.98. The SMILES string of the molecule is CC(=O)c1cccc(-c2nc3c(NCc4nc5ccccc5[nH]4)ncnc3n2C(C)C)c1. The van der Waals surface area contributed by atoms with Gasteiger partial charge >= 0.3 is 0 Å². The number of H-pyrrole nitrogens is 1. The third kappa shape index (κ3) is 3.49. The van der Waals surface area contributed by atoms with E-state index < -0.39 is 0 Å². The molecule has 0 saturated carbocycles. The molecule has 5 rings (SSSR count). The summed E-state index contributed by atoms with van der Waals surface area (Å²) in [7, 11) is 0. The Kier molecular flexibility index (Phi) is 4.89. The van der Waals surface area contributed by atoms with E-state index in [2.05, 4.69) is 43.7 Å². The Morgan fingerprint density at radius 1 is 1.09 bits per heavy atom. The Morgan fingerprint density at radius 2 is 1.94 bits per heavy atom. The van der Waals surface area contributed by atoms with Crippen molar-refractivity contribution in [1.29, 1.82) is 0 Å². The van der Waals surface area contributed by atoms with Crippen molar-refractivity contribution in [3.05, 3.63) is 66.2 Å². The molecule has 2 aromatic carbocycles. The zero-order valence-corrected chi connectivity index (χ0v) is 18.1. The van der Waals surface area contributed by atoms with Crippen LogP contribution in [0.1, 0.15) is 43.0 Å². The Morgan fingerprint density at radius 3 is 2.72 bits per heavy atom. The number of hydrogen-bond acceptors (Lipinski definition) is 6. The molecule has 0 spiro atoms. The molecular weight excluding hydrogens is 402 g/mol. The lowest BCUT2D eigenvalue weighted by Gasteiger charge is -2.13. The van der Waals surface area contributed by atoms with Gasteiger partial charge in [-0.3, -0.25) is 4.79 Å². The molecule has 3 aromatic heterocycles. The fourth-order valence-corrected chi connectivity index (χ4v) is 3.87. The van der Waals surface area contributed by atoms with Crippen LogP contribution in [-0.2, 0) is 6.54 Å². The van der Waals surface area contributed by atoms with E-state index in [0.29, 0.717) is 23.4 Å². The largest absolute Gasteiger partial charge is 0.361 e. The minimum atomic E-state index is 0.0204. The second-order valence-electron chi connectivity index (χ2n) is 7.98. The maximum Gasteiger partial charge on any atom is 0.166 e. The van der Waals surface area contributed by atoms with Gasteiger partial charge in [-0.1, -0.05) is 30.3 Å². The fourth-order valence-electron chi connectivity index (χ4n) is 3.87. The van der Waals surface area contributed by atoms with Gasteiger partial charge in [0.1, 0.15) is 18.0 Å². The quantitative estimate of drug-likeness (QED) is 0.380. The number of fused-ring (bicyclic) bond motifs is 2. The van der Waals surface area contributed by atoms with E-state index >= 15 is 0 Å². The number of nitrogens with one attached hydrogen (secondary N) is 2. The number of para-hydroxylation sites is 2. The summed E-state index contributed by atoms with van der Waals surface area (Å²) < 4.78 is 2.07. The lowest BCUT2D eigenvalue weighted by Crippen LogP contribution is -2.06. The summed E-state index contributed by atoms with van der Waals surface area (Å²) in [5.74, 6) is 2.23. The van der Waals surface area contributed by atoms with Crippen molar-refractivity contribution in [2.45, 2.75) is 33.4 Å². The maximum atomic E-state index is 11.9. The number of rotatable bonds is 6. The number of carbonyl (C=O) groups excluding carboxylic acids is 1. The Hall–Kier alpha value is -4.07. The molecule has 0 amide bonds. The molecular formula is C24H23N7O. The van der Waals surface area contributed by atoms with Crippen molar-refractivity contribution in [2.24, 2.45) is 0 Å². The molecule has 3 heterocycles. The highest BCUT2D eigenvalue weighted by molar-refractivity contribution is 5.95. The third-order valence-corrected chi connectivity index (χ3v) is 5.38. The average Bonchev–Trinajstić information content (AvgIpc) is 3.39. The molecule has 0 bridgehead atoms. The van der Waals surface area contributed by atoms with Crippen LogP contribution >= 0.6 is 0 Å². The molecule has 2 N–H and O–H groups in total. The molecule has 8 nitrogen and oxygen atoms in total. The van der Waals surface area contributed by atoms with Gasteiger partial charge in [0.15, 0.2) is 22.8 Å². The molecule has 0 unspecified atom stereocenters. The first-order valence-corrected chi connectivity index (χ1v) is 10.5. The Bertz CT molecular complexity index is 1410. The topological polar surface area (TPSA) is 101 Å². The maximum absolute atomic E-state index is 11.9. The van der Waals surface area contributed by atoms with Crippen LogP contribution in [0.15, 0.2) is 54.9 Å². The molecule has 8 heteroatoms. The minimum Gasteiger partial charge on any atom is -0.361 e. The van der Waals surface area contributed by atoms with Crippen LogP contribution in [0.2, 0.25) is 0 Å². The van der Waals surface area contributed by atoms with Crippen LogP contribution in [0.25, 0.3) is 33.6 Å². The van der Waals surface area contributed by atoms with Crippen LogP contribution in [0.4, 0.5) is 5.82 Å². The van der Waals surface area contributed by atoms with Gasteiger partial charge in [0.05, 0.1) is 17.6 Å². The second kappa shape index (κ2) is 7.88. The van der Waals surface area contributed by atoms with Gasteiger partial charge < -0.3 is 14.9 Å². The van der Waals surface area contributed by atoms with Crippen LogP contribution in [0.3, 0.4) is 0 Å². The Labute approximate surface area is 184 Å². The number of ketones is 1. The first-order valence-electron chi connectivity index (χ1n) is 10.5. The van der Waals surface area contributed by atoms with Crippen molar-refractivity contribution in [2.75, 3.05) is 5.32 Å². The smallest absolute Gasteiger partial charge is 0.166 e. The van der Waals surface area contributed by atoms with Crippen molar-refractivity contribution in [3.63, 3.8) is 0 Å². The lowest BCUT2D eigenvalue weighted by molar-refractivity contribution is 0.101. The summed E-state index contributed by atoms with van der Waals surface area (Å²) in [6, 6.07) is 15.6. The van der Waals surface area contributed by atoms with E-state index in [4.69, 9.17) is 4.98 Å². The van der Waals surface area contributed by atoms with Gasteiger partial charge in [-0.2, -0.15) is 0 Å². The number of nitrogens with zero attached hydrogens (tertiary/aromatic N) is 5. The molecule has 160 valence electrons. The van der Waals surface area contributed by atoms with Gasteiger partial charge in [0.2, 0.25) is 0 Å². The average molecular weight is 425 g/mol. The zero-order valence-electron chi connectivity index (χ0n) is 18.1. The number of aromatic nitrogens is 6. The van der Waals surface area contributed by atoms with Crippen molar-refractivity contribution < 1.29 is 4.79 Å². The molecule has 0 radical (unpaired) electrons. The number of Topliss-reactive ketones (excluding diaryl/α,β-unsaturated/α-hetero) is 1. The van der Waals surface area contributed by atoms with Gasteiger partial charge in [0, 0.05) is 17.2 Å². The summed E-state index contributed by atoms with van der Waals surface area (Å²) >= 11 is 0. The van der Waals surface area contributed by atoms with Crippen LogP contribution < -0.4 is 5.32 Å². The Balaban J connectivity index is 1.55. The summed E-state index contributed by atoms with van der Waals surface area (Å²) in [4.78, 5) is 33.7. The molecule has 32 heavy (non-hydrogen) atoms.